The maximum Gasteiger partial charge on any atom is 1.00 e. The zero-order valence-electron chi connectivity index (χ0n) is 12.9. The van der Waals surface area contributed by atoms with E-state index < -0.39 is 0 Å². The summed E-state index contributed by atoms with van der Waals surface area (Å²) in [6.07, 6.45) is 1.65. The molecule has 0 unspecified atom stereocenters. The summed E-state index contributed by atoms with van der Waals surface area (Å²) in [5.74, 6) is 0. The molecule has 9 heteroatoms. The Hall–Kier alpha value is -1.61. The second kappa shape index (κ2) is 6.25. The van der Waals surface area contributed by atoms with Crippen molar-refractivity contribution in [2.75, 3.05) is 0 Å². The van der Waals surface area contributed by atoms with Crippen LogP contribution in [0.1, 0.15) is 12.0 Å². The van der Waals surface area contributed by atoms with Crippen LogP contribution in [-0.4, -0.2) is 30.0 Å². The minimum atomic E-state index is -0.286. The van der Waals surface area contributed by atoms with Gasteiger partial charge in [0.25, 0.3) is 0 Å². The van der Waals surface area contributed by atoms with Crippen molar-refractivity contribution in [2.24, 2.45) is 0 Å². The second-order valence-electron chi connectivity index (χ2n) is 4.59. The molecule has 1 aromatic carbocycles. The monoisotopic (exact) mass is 322 g/mol. The number of aryl methyl sites for hydroxylation is 2. The van der Waals surface area contributed by atoms with Gasteiger partial charge in [-0.1, -0.05) is 41.7 Å². The van der Waals surface area contributed by atoms with Gasteiger partial charge in [0.2, 0.25) is 10.6 Å². The average Bonchev–Trinajstić information content (AvgIpc) is 3.13. The molecule has 0 fully saturated rings. The predicted octanol–water partition coefficient (Wildman–Crippen LogP) is -1.68. The first kappa shape index (κ1) is 15.3. The fraction of sp³-hybridized carbons (Fsp3) is 0.154. The Balaban J connectivity index is 0.000000960. The fourth-order valence-electron chi connectivity index (χ4n) is 2.16. The summed E-state index contributed by atoms with van der Waals surface area (Å²) in [7, 11) is 0. The molecule has 4 rings (SSSR count). The molecule has 7 nitrogen and oxygen atoms in total. The van der Waals surface area contributed by atoms with E-state index in [-0.39, 0.29) is 42.1 Å². The van der Waals surface area contributed by atoms with Crippen LogP contribution >= 0.6 is 11.3 Å². The molecule has 3 aromatic heterocycles. The Morgan fingerprint density at radius 2 is 2.00 bits per heavy atom. The summed E-state index contributed by atoms with van der Waals surface area (Å²) in [5.41, 5.74) is 1.50. The van der Waals surface area contributed by atoms with Gasteiger partial charge in [0.05, 0.1) is 0 Å². The van der Waals surface area contributed by atoms with E-state index in [0.717, 1.165) is 17.8 Å². The first-order valence-corrected chi connectivity index (χ1v) is 7.26. The molecular formula is C13H11N6NaOS. The number of nitrogens with one attached hydrogen (secondary N) is 1. The number of fused-ring (bicyclic) bond motifs is 2. The third-order valence-electron chi connectivity index (χ3n) is 3.20. The summed E-state index contributed by atoms with van der Waals surface area (Å²) >= 11 is 1.41. The zero-order valence-corrected chi connectivity index (χ0v) is 14.7. The van der Waals surface area contributed by atoms with Crippen LogP contribution in [0.4, 0.5) is 0 Å². The minimum absolute atomic E-state index is 0. The van der Waals surface area contributed by atoms with Gasteiger partial charge in [-0.3, -0.25) is 4.79 Å². The molecule has 0 aliphatic carbocycles. The van der Waals surface area contributed by atoms with E-state index in [1.807, 2.05) is 18.2 Å². The number of nitrogens with zero attached hydrogens (tertiary/aromatic N) is 5. The molecular weight excluding hydrogens is 311 g/mol. The van der Waals surface area contributed by atoms with Crippen molar-refractivity contribution in [1.82, 2.24) is 30.0 Å². The van der Waals surface area contributed by atoms with E-state index in [1.165, 1.54) is 21.4 Å². The fourth-order valence-corrected chi connectivity index (χ4v) is 3.04. The predicted molar refractivity (Wildman–Crippen MR) is 79.5 cm³/mol. The molecule has 0 aliphatic heterocycles. The number of rotatable bonds is 3. The molecule has 0 saturated heterocycles. The van der Waals surface area contributed by atoms with Gasteiger partial charge in [-0.2, -0.15) is 19.8 Å². The largest absolute Gasteiger partial charge is 1.00 e. The quantitative estimate of drug-likeness (QED) is 0.455. The summed E-state index contributed by atoms with van der Waals surface area (Å²) in [6, 6.07) is 10.2. The average molecular weight is 322 g/mol. The summed E-state index contributed by atoms with van der Waals surface area (Å²) in [6.45, 7) is 0. The van der Waals surface area contributed by atoms with Crippen molar-refractivity contribution in [3.8, 4) is 0 Å². The Kier molecular flexibility index (Phi) is 4.34. The smallest absolute Gasteiger partial charge is 1.00 e. The number of hydrogen-bond donors (Lipinski definition) is 1. The maximum absolute atomic E-state index is 12.2. The zero-order chi connectivity index (χ0) is 14.2. The third kappa shape index (κ3) is 2.70. The van der Waals surface area contributed by atoms with Crippen molar-refractivity contribution in [3.05, 3.63) is 51.3 Å². The van der Waals surface area contributed by atoms with Crippen molar-refractivity contribution in [3.63, 3.8) is 0 Å². The molecule has 3 heterocycles. The molecule has 0 atom stereocenters. The Labute approximate surface area is 152 Å². The van der Waals surface area contributed by atoms with Gasteiger partial charge in [-0.15, -0.1) is 10.2 Å². The van der Waals surface area contributed by atoms with Gasteiger partial charge in [0.15, 0.2) is 5.52 Å². The number of aromatic nitrogens is 6. The molecule has 0 saturated carbocycles. The molecule has 106 valence electrons. The number of hydrogen-bond acceptors (Lipinski definition) is 6. The van der Waals surface area contributed by atoms with Crippen molar-refractivity contribution >= 4 is 27.5 Å². The van der Waals surface area contributed by atoms with Gasteiger partial charge in [-0.05, 0) is 12.0 Å². The molecule has 0 bridgehead atoms. The van der Waals surface area contributed by atoms with E-state index in [9.17, 15) is 4.79 Å². The van der Waals surface area contributed by atoms with E-state index in [1.54, 1.807) is 0 Å². The standard InChI is InChI=1S/C13H10N6OS.Na.H/c20-12-10-11(16-18-15-10)14-13-19(12)17-9(21-13)7-6-8-4-2-1-3-5-8;;/h1-5H,6-7H2,(H,15,16,18);;/q;+1;-1. The third-order valence-corrected chi connectivity index (χ3v) is 4.17. The van der Waals surface area contributed by atoms with Crippen LogP contribution in [0.25, 0.3) is 16.1 Å². The first-order chi connectivity index (χ1) is 10.3. The van der Waals surface area contributed by atoms with Crippen LogP contribution in [-0.2, 0) is 12.8 Å². The Morgan fingerprint density at radius 1 is 1.18 bits per heavy atom. The number of H-pyrrole nitrogens is 1. The van der Waals surface area contributed by atoms with Gasteiger partial charge < -0.3 is 1.43 Å². The van der Waals surface area contributed by atoms with Crippen LogP contribution in [0.2, 0.25) is 0 Å². The van der Waals surface area contributed by atoms with Crippen LogP contribution < -0.4 is 35.1 Å². The Bertz CT molecular complexity index is 982. The van der Waals surface area contributed by atoms with Crippen molar-refractivity contribution in [1.29, 1.82) is 0 Å². The van der Waals surface area contributed by atoms with E-state index in [4.69, 9.17) is 0 Å². The summed E-state index contributed by atoms with van der Waals surface area (Å²) in [4.78, 5) is 17.0. The van der Waals surface area contributed by atoms with Crippen LogP contribution in [0.15, 0.2) is 35.1 Å². The molecule has 0 amide bonds. The molecule has 4 aromatic rings. The molecule has 0 aliphatic rings. The van der Waals surface area contributed by atoms with E-state index in [0.29, 0.717) is 10.6 Å². The Morgan fingerprint density at radius 3 is 2.82 bits per heavy atom. The van der Waals surface area contributed by atoms with Gasteiger partial charge in [0.1, 0.15) is 5.01 Å². The molecule has 1 N–H and O–H groups in total. The number of aromatic amines is 1. The number of benzene rings is 1. The molecule has 22 heavy (non-hydrogen) atoms. The van der Waals surface area contributed by atoms with Crippen molar-refractivity contribution in [2.45, 2.75) is 12.8 Å². The van der Waals surface area contributed by atoms with Crippen LogP contribution in [0, 0.1) is 0 Å². The topological polar surface area (TPSA) is 88.8 Å². The maximum atomic E-state index is 12.2. The second-order valence-corrected chi connectivity index (χ2v) is 5.63. The molecule has 0 radical (unpaired) electrons. The minimum Gasteiger partial charge on any atom is -1.00 e. The normalized spacial score (nSPS) is 10.9. The van der Waals surface area contributed by atoms with E-state index >= 15 is 0 Å². The SMILES string of the molecule is O=c1c2n[nH]nc2nc2sc(CCc3ccccc3)nn12.[H-].[Na+]. The van der Waals surface area contributed by atoms with Gasteiger partial charge in [-0.25, -0.2) is 0 Å². The van der Waals surface area contributed by atoms with Crippen molar-refractivity contribution < 1.29 is 31.0 Å². The molecule has 0 spiro atoms. The summed E-state index contributed by atoms with van der Waals surface area (Å²) < 4.78 is 1.30. The first-order valence-electron chi connectivity index (χ1n) is 6.44. The van der Waals surface area contributed by atoms with Gasteiger partial charge in [0, 0.05) is 6.42 Å². The van der Waals surface area contributed by atoms with E-state index in [2.05, 4.69) is 37.6 Å². The van der Waals surface area contributed by atoms with Crippen LogP contribution in [0.5, 0.6) is 0 Å². The summed E-state index contributed by atoms with van der Waals surface area (Å²) in [5, 5.41) is 15.3. The van der Waals surface area contributed by atoms with Crippen LogP contribution in [0.3, 0.4) is 0 Å². The van der Waals surface area contributed by atoms with Gasteiger partial charge >= 0.3 is 35.1 Å².